The normalized spacial score (nSPS) is 19.9. The number of aromatic nitrogens is 2. The minimum atomic E-state index is -0.499. The summed E-state index contributed by atoms with van der Waals surface area (Å²) in [5.74, 6) is -0.506. The SMILES string of the molecule is O=C(N[C@H]1CCCC[C@@H]1O)c1cc(Cc2ccc(F)cc2)c2cccnn12. The van der Waals surface area contributed by atoms with Gasteiger partial charge < -0.3 is 10.4 Å². The predicted molar refractivity (Wildman–Crippen MR) is 100 cm³/mol. The Morgan fingerprint density at radius 3 is 2.78 bits per heavy atom. The first-order valence-electron chi connectivity index (χ1n) is 9.31. The van der Waals surface area contributed by atoms with Crippen molar-refractivity contribution < 1.29 is 14.3 Å². The summed E-state index contributed by atoms with van der Waals surface area (Å²) in [6.45, 7) is 0. The monoisotopic (exact) mass is 367 g/mol. The molecule has 0 saturated heterocycles. The molecule has 1 saturated carbocycles. The molecule has 3 aromatic rings. The van der Waals surface area contributed by atoms with E-state index in [1.807, 2.05) is 18.2 Å². The smallest absolute Gasteiger partial charge is 0.270 e. The number of amides is 1. The molecule has 0 radical (unpaired) electrons. The number of hydrogen-bond acceptors (Lipinski definition) is 3. The zero-order valence-electron chi connectivity index (χ0n) is 14.9. The van der Waals surface area contributed by atoms with Crippen LogP contribution in [0, 0.1) is 5.82 Å². The molecule has 5 nitrogen and oxygen atoms in total. The molecule has 140 valence electrons. The van der Waals surface area contributed by atoms with Gasteiger partial charge in [0.05, 0.1) is 17.7 Å². The Bertz CT molecular complexity index is 952. The number of nitrogens with one attached hydrogen (secondary N) is 1. The molecule has 0 unspecified atom stereocenters. The second-order valence-corrected chi connectivity index (χ2v) is 7.11. The number of nitrogens with zero attached hydrogens (tertiary/aromatic N) is 2. The van der Waals surface area contributed by atoms with Gasteiger partial charge in [0.2, 0.25) is 0 Å². The summed E-state index contributed by atoms with van der Waals surface area (Å²) in [4.78, 5) is 12.9. The quantitative estimate of drug-likeness (QED) is 0.745. The topological polar surface area (TPSA) is 66.6 Å². The third-order valence-corrected chi connectivity index (χ3v) is 5.21. The maximum atomic E-state index is 13.2. The third kappa shape index (κ3) is 3.71. The molecule has 4 rings (SSSR count). The van der Waals surface area contributed by atoms with Crippen LogP contribution in [0.25, 0.3) is 5.52 Å². The number of benzene rings is 1. The number of fused-ring (bicyclic) bond motifs is 1. The molecule has 0 bridgehead atoms. The molecule has 1 amide bonds. The molecule has 1 aliphatic carbocycles. The van der Waals surface area contributed by atoms with E-state index in [1.54, 1.807) is 22.8 Å². The molecule has 1 fully saturated rings. The Labute approximate surface area is 156 Å². The molecule has 0 aliphatic heterocycles. The standard InChI is InChI=1S/C21H22FN3O2/c22-16-9-7-14(8-10-16)12-15-13-19(25-18(15)5-3-11-23-25)21(27)24-17-4-1-2-6-20(17)26/h3,5,7-11,13,17,20,26H,1-2,4,6,12H2,(H,24,27)/t17-,20-/m0/s1. The molecular weight excluding hydrogens is 345 g/mol. The van der Waals surface area contributed by atoms with Crippen molar-refractivity contribution in [1.82, 2.24) is 14.9 Å². The van der Waals surface area contributed by atoms with Crippen LogP contribution in [0.5, 0.6) is 0 Å². The lowest BCUT2D eigenvalue weighted by molar-refractivity contribution is 0.0712. The van der Waals surface area contributed by atoms with Gasteiger partial charge in [-0.05, 0) is 60.7 Å². The summed E-state index contributed by atoms with van der Waals surface area (Å²) < 4.78 is 14.8. The van der Waals surface area contributed by atoms with E-state index < -0.39 is 6.10 Å². The summed E-state index contributed by atoms with van der Waals surface area (Å²) in [6.07, 6.45) is 5.21. The summed E-state index contributed by atoms with van der Waals surface area (Å²) in [5.41, 5.74) is 3.20. The highest BCUT2D eigenvalue weighted by Crippen LogP contribution is 2.22. The lowest BCUT2D eigenvalue weighted by Crippen LogP contribution is -2.45. The molecule has 1 aliphatic rings. The predicted octanol–water partition coefficient (Wildman–Crippen LogP) is 3.10. The van der Waals surface area contributed by atoms with E-state index >= 15 is 0 Å². The number of carbonyl (C=O) groups excluding carboxylic acids is 1. The Kier molecular flexibility index (Phi) is 4.90. The summed E-state index contributed by atoms with van der Waals surface area (Å²) in [7, 11) is 0. The lowest BCUT2D eigenvalue weighted by Gasteiger charge is -2.28. The number of halogens is 1. The van der Waals surface area contributed by atoms with Gasteiger partial charge in [0.25, 0.3) is 5.91 Å². The molecule has 2 heterocycles. The van der Waals surface area contributed by atoms with Gasteiger partial charge in [0.15, 0.2) is 0 Å². The van der Waals surface area contributed by atoms with Crippen molar-refractivity contribution in [2.45, 2.75) is 44.2 Å². The maximum Gasteiger partial charge on any atom is 0.270 e. The van der Waals surface area contributed by atoms with E-state index in [4.69, 9.17) is 0 Å². The first kappa shape index (κ1) is 17.7. The van der Waals surface area contributed by atoms with Crippen LogP contribution >= 0.6 is 0 Å². The molecular formula is C21H22FN3O2. The Balaban J connectivity index is 1.63. The van der Waals surface area contributed by atoms with Crippen molar-refractivity contribution in [3.8, 4) is 0 Å². The first-order valence-corrected chi connectivity index (χ1v) is 9.31. The van der Waals surface area contributed by atoms with Gasteiger partial charge in [0, 0.05) is 6.20 Å². The van der Waals surface area contributed by atoms with E-state index in [0.717, 1.165) is 35.9 Å². The van der Waals surface area contributed by atoms with Crippen LogP contribution < -0.4 is 5.32 Å². The second-order valence-electron chi connectivity index (χ2n) is 7.11. The number of hydrogen-bond donors (Lipinski definition) is 2. The van der Waals surface area contributed by atoms with Crippen molar-refractivity contribution in [2.75, 3.05) is 0 Å². The molecule has 2 aromatic heterocycles. The van der Waals surface area contributed by atoms with Gasteiger partial charge in [-0.2, -0.15) is 5.10 Å². The third-order valence-electron chi connectivity index (χ3n) is 5.21. The van der Waals surface area contributed by atoms with Crippen molar-refractivity contribution in [2.24, 2.45) is 0 Å². The van der Waals surface area contributed by atoms with Gasteiger partial charge in [-0.1, -0.05) is 25.0 Å². The zero-order valence-corrected chi connectivity index (χ0v) is 14.9. The number of rotatable bonds is 4. The molecule has 1 aromatic carbocycles. The van der Waals surface area contributed by atoms with Crippen molar-refractivity contribution >= 4 is 11.4 Å². The van der Waals surface area contributed by atoms with Crippen LogP contribution in [0.1, 0.15) is 47.3 Å². The molecule has 6 heteroatoms. The average molecular weight is 367 g/mol. The van der Waals surface area contributed by atoms with Gasteiger partial charge in [-0.15, -0.1) is 0 Å². The van der Waals surface area contributed by atoms with Gasteiger partial charge in [-0.25, -0.2) is 8.91 Å². The van der Waals surface area contributed by atoms with Crippen LogP contribution in [-0.4, -0.2) is 32.8 Å². The van der Waals surface area contributed by atoms with E-state index in [-0.39, 0.29) is 17.8 Å². The van der Waals surface area contributed by atoms with Crippen molar-refractivity contribution in [1.29, 1.82) is 0 Å². The highest BCUT2D eigenvalue weighted by molar-refractivity contribution is 5.94. The van der Waals surface area contributed by atoms with E-state index in [1.165, 1.54) is 12.1 Å². The van der Waals surface area contributed by atoms with Crippen LogP contribution in [-0.2, 0) is 6.42 Å². The number of carbonyl (C=O) groups is 1. The van der Waals surface area contributed by atoms with Crippen LogP contribution in [0.3, 0.4) is 0 Å². The molecule has 0 spiro atoms. The van der Waals surface area contributed by atoms with Crippen molar-refractivity contribution in [3.05, 3.63) is 71.3 Å². The van der Waals surface area contributed by atoms with Crippen LogP contribution in [0.4, 0.5) is 4.39 Å². The van der Waals surface area contributed by atoms with Crippen LogP contribution in [0.2, 0.25) is 0 Å². The zero-order chi connectivity index (χ0) is 18.8. The fourth-order valence-electron chi connectivity index (χ4n) is 3.75. The molecule has 2 atom stereocenters. The fourth-order valence-corrected chi connectivity index (χ4v) is 3.75. The molecule has 27 heavy (non-hydrogen) atoms. The Hall–Kier alpha value is -2.73. The summed E-state index contributed by atoms with van der Waals surface area (Å²) >= 11 is 0. The highest BCUT2D eigenvalue weighted by Gasteiger charge is 2.26. The van der Waals surface area contributed by atoms with Gasteiger partial charge >= 0.3 is 0 Å². The minimum Gasteiger partial charge on any atom is -0.391 e. The highest BCUT2D eigenvalue weighted by atomic mass is 19.1. The Morgan fingerprint density at radius 2 is 2.00 bits per heavy atom. The summed E-state index contributed by atoms with van der Waals surface area (Å²) in [6, 6.07) is 11.7. The van der Waals surface area contributed by atoms with Gasteiger partial charge in [0.1, 0.15) is 11.5 Å². The lowest BCUT2D eigenvalue weighted by atomic mass is 9.92. The fraction of sp³-hybridized carbons (Fsp3) is 0.333. The van der Waals surface area contributed by atoms with E-state index in [9.17, 15) is 14.3 Å². The van der Waals surface area contributed by atoms with Crippen LogP contribution in [0.15, 0.2) is 48.7 Å². The summed E-state index contributed by atoms with van der Waals surface area (Å²) in [5, 5.41) is 17.4. The maximum absolute atomic E-state index is 13.2. The molecule has 2 N–H and O–H groups in total. The largest absolute Gasteiger partial charge is 0.391 e. The Morgan fingerprint density at radius 1 is 1.22 bits per heavy atom. The number of aliphatic hydroxyl groups is 1. The van der Waals surface area contributed by atoms with Crippen molar-refractivity contribution in [3.63, 3.8) is 0 Å². The van der Waals surface area contributed by atoms with Gasteiger partial charge in [-0.3, -0.25) is 4.79 Å². The average Bonchev–Trinajstić information content (AvgIpc) is 3.04. The van der Waals surface area contributed by atoms with E-state index in [2.05, 4.69) is 10.4 Å². The second kappa shape index (κ2) is 7.48. The first-order chi connectivity index (χ1) is 13.1. The van der Waals surface area contributed by atoms with E-state index in [0.29, 0.717) is 18.5 Å². The minimum absolute atomic E-state index is 0.221. The number of aliphatic hydroxyl groups excluding tert-OH is 1.